The maximum Gasteiger partial charge on any atom is 0.517 e. The van der Waals surface area contributed by atoms with E-state index in [-0.39, 0.29) is 11.3 Å². The topological polar surface area (TPSA) is 186 Å². The Hall–Kier alpha value is -3.46. The van der Waals surface area contributed by atoms with Gasteiger partial charge in [0, 0.05) is 36.4 Å². The lowest BCUT2D eigenvalue weighted by molar-refractivity contribution is -0.982. The average Bonchev–Trinajstić information content (AvgIpc) is 3.30. The van der Waals surface area contributed by atoms with Crippen molar-refractivity contribution in [3.8, 4) is 0 Å². The van der Waals surface area contributed by atoms with Gasteiger partial charge < -0.3 is 34.3 Å². The number of allylic oxidation sites excluding steroid dienone is 2. The predicted octanol–water partition coefficient (Wildman–Crippen LogP) is 6.31. The highest BCUT2D eigenvalue weighted by Gasteiger charge is 2.90. The van der Waals surface area contributed by atoms with Crippen LogP contribution in [0.3, 0.4) is 0 Å². The standard InChI is InChI=1S/C39H55ClN2O12/c1-20-17-26-24(21(2)18-43)16-15-22(3)39(26,50)30(29(20)51-23(4)44)37(32(45)46)19-38(53-34(49)52-36(8,9)10)25-13-12-14-27(40)28(25)41(11)54-31(38)42(37,33(47)48)35(5,6)7/h13,17-18,21-22,24,26,29-31,50H,12,14-16,19H2,1-11H3,(H-,45,46,47,48)/p+1/t21?,22-,24+,26-,29+,30-,31-,37+,38-,39-,42?/m1/s1. The summed E-state index contributed by atoms with van der Waals surface area (Å²) in [4.78, 5) is 75.6. The molecule has 2 heterocycles. The number of esters is 1. The first-order chi connectivity index (χ1) is 24.8. The Bertz CT molecular complexity index is 1710. The quantitative estimate of drug-likeness (QED) is 0.118. The van der Waals surface area contributed by atoms with Crippen LogP contribution in [0.2, 0.25) is 0 Å². The molecule has 5 rings (SSSR count). The van der Waals surface area contributed by atoms with Crippen LogP contribution in [0.1, 0.15) is 101 Å². The zero-order chi connectivity index (χ0) is 40.7. The molecule has 3 fully saturated rings. The summed E-state index contributed by atoms with van der Waals surface area (Å²) in [5.74, 6) is -6.75. The SMILES string of the molecule is CC(=O)O[C@H]1C(C)=C[C@@H]2[C@H](C(C)C=O)CC[C@@H](C)[C@]2(O)[C@H]1[C@]1(C(=O)O)C[C@@]2(OC(=O)OC(C)(C)C)C3=CCCC(Cl)=C3N(C)O[C@H]2[N+]1(C(=O)O)C(C)(C)C. The van der Waals surface area contributed by atoms with Crippen molar-refractivity contribution in [2.45, 2.75) is 142 Å². The average molecular weight is 780 g/mol. The fraction of sp³-hybridized carbons (Fsp3) is 0.718. The molecule has 3 aliphatic carbocycles. The van der Waals surface area contributed by atoms with Crippen LogP contribution >= 0.6 is 11.6 Å². The van der Waals surface area contributed by atoms with Gasteiger partial charge in [-0.15, -0.1) is 0 Å². The molecular weight excluding hydrogens is 724 g/mol. The number of nitrogens with zero attached hydrogens (tertiary/aromatic N) is 2. The molecule has 15 heteroatoms. The zero-order valence-corrected chi connectivity index (χ0v) is 33.9. The van der Waals surface area contributed by atoms with Crippen LogP contribution in [-0.2, 0) is 33.4 Å². The van der Waals surface area contributed by atoms with Gasteiger partial charge in [-0.1, -0.05) is 37.6 Å². The Morgan fingerprint density at radius 2 is 1.76 bits per heavy atom. The van der Waals surface area contributed by atoms with E-state index in [4.69, 9.17) is 30.6 Å². The molecule has 2 unspecified atom stereocenters. The van der Waals surface area contributed by atoms with Crippen LogP contribution in [0.4, 0.5) is 9.59 Å². The number of likely N-dealkylation sites (N-methyl/N-ethyl adjacent to an activating group) is 1. The number of aliphatic hydroxyl groups is 1. The highest BCUT2D eigenvalue weighted by molar-refractivity contribution is 6.30. The number of ether oxygens (including phenoxy) is 3. The molecule has 0 aromatic heterocycles. The number of amides is 1. The molecule has 0 radical (unpaired) electrons. The summed E-state index contributed by atoms with van der Waals surface area (Å²) in [6.07, 6.45) is -1.05. The molecule has 14 nitrogen and oxygen atoms in total. The highest BCUT2D eigenvalue weighted by atomic mass is 35.5. The molecule has 54 heavy (non-hydrogen) atoms. The minimum absolute atomic E-state index is 0.235. The summed E-state index contributed by atoms with van der Waals surface area (Å²) >= 11 is 6.85. The van der Waals surface area contributed by atoms with Crippen LogP contribution in [0, 0.1) is 29.6 Å². The summed E-state index contributed by atoms with van der Waals surface area (Å²) < 4.78 is 16.6. The van der Waals surface area contributed by atoms with Crippen molar-refractivity contribution >= 4 is 42.1 Å². The van der Waals surface area contributed by atoms with E-state index < -0.39 is 105 Å². The molecule has 1 saturated carbocycles. The minimum Gasteiger partial charge on any atom is -0.477 e. The van der Waals surface area contributed by atoms with Crippen LogP contribution < -0.4 is 0 Å². The van der Waals surface area contributed by atoms with Crippen LogP contribution in [-0.4, -0.2) is 103 Å². The van der Waals surface area contributed by atoms with Crippen molar-refractivity contribution in [3.05, 3.63) is 34.0 Å². The number of aldehydes is 1. The predicted molar refractivity (Wildman–Crippen MR) is 194 cm³/mol. The van der Waals surface area contributed by atoms with Crippen LogP contribution in [0.15, 0.2) is 34.0 Å². The number of rotatable bonds is 6. The number of carboxylic acid groups (broad SMARTS) is 2. The maximum absolute atomic E-state index is 14.9. The van der Waals surface area contributed by atoms with E-state index in [0.29, 0.717) is 36.3 Å². The molecule has 300 valence electrons. The number of carbonyl (C=O) groups is 5. The van der Waals surface area contributed by atoms with Crippen LogP contribution in [0.5, 0.6) is 0 Å². The van der Waals surface area contributed by atoms with Gasteiger partial charge in [-0.3, -0.25) is 4.79 Å². The van der Waals surface area contributed by atoms with Crippen molar-refractivity contribution in [2.75, 3.05) is 7.05 Å². The molecule has 3 N–H and O–H groups in total. The van der Waals surface area contributed by atoms with E-state index in [1.807, 2.05) is 0 Å². The summed E-state index contributed by atoms with van der Waals surface area (Å²) in [6, 6.07) is 0. The van der Waals surface area contributed by atoms with Crippen LogP contribution in [0.25, 0.3) is 0 Å². The molecule has 2 aliphatic heterocycles. The van der Waals surface area contributed by atoms with E-state index in [1.54, 1.807) is 74.5 Å². The second-order valence-electron chi connectivity index (χ2n) is 17.9. The first-order valence-corrected chi connectivity index (χ1v) is 19.0. The van der Waals surface area contributed by atoms with Crippen molar-refractivity contribution < 1.29 is 62.8 Å². The Kier molecular flexibility index (Phi) is 10.5. The summed E-state index contributed by atoms with van der Waals surface area (Å²) in [5.41, 5.74) is -8.77. The van der Waals surface area contributed by atoms with Gasteiger partial charge in [-0.05, 0) is 91.6 Å². The Morgan fingerprint density at radius 1 is 1.13 bits per heavy atom. The van der Waals surface area contributed by atoms with E-state index in [1.165, 1.54) is 12.1 Å². The van der Waals surface area contributed by atoms with Crippen molar-refractivity contribution in [3.63, 3.8) is 0 Å². The fourth-order valence-corrected chi connectivity index (χ4v) is 11.1. The monoisotopic (exact) mass is 779 g/mol. The second kappa shape index (κ2) is 13.6. The number of quaternary nitrogens is 1. The van der Waals surface area contributed by atoms with E-state index in [9.17, 15) is 39.3 Å². The first kappa shape index (κ1) is 41.7. The lowest BCUT2D eigenvalue weighted by atomic mass is 9.48. The molecule has 11 atom stereocenters. The van der Waals surface area contributed by atoms with Crippen molar-refractivity contribution in [1.82, 2.24) is 5.06 Å². The number of hydroxylamine groups is 2. The third kappa shape index (κ3) is 5.80. The lowest BCUT2D eigenvalue weighted by Gasteiger charge is -2.62. The third-order valence-electron chi connectivity index (χ3n) is 12.7. The van der Waals surface area contributed by atoms with E-state index in [2.05, 4.69) is 0 Å². The number of fused-ring (bicyclic) bond motifs is 4. The van der Waals surface area contributed by atoms with Gasteiger partial charge >= 0.3 is 24.2 Å². The van der Waals surface area contributed by atoms with Gasteiger partial charge in [0.15, 0.2) is 0 Å². The molecule has 0 bridgehead atoms. The molecule has 2 saturated heterocycles. The first-order valence-electron chi connectivity index (χ1n) is 18.6. The third-order valence-corrected chi connectivity index (χ3v) is 13.0. The Balaban J connectivity index is 2.00. The summed E-state index contributed by atoms with van der Waals surface area (Å²) in [5, 5.41) is 39.2. The number of likely N-dealkylation sites (tertiary alicyclic amines) is 1. The second-order valence-corrected chi connectivity index (χ2v) is 18.3. The maximum atomic E-state index is 14.9. The molecule has 0 spiro atoms. The molecular formula is C39H56ClN2O12+. The molecule has 5 aliphatic rings. The van der Waals surface area contributed by atoms with Gasteiger partial charge in [-0.2, -0.15) is 9.28 Å². The van der Waals surface area contributed by atoms with Gasteiger partial charge in [0.05, 0.1) is 23.6 Å². The number of halogens is 1. The largest absolute Gasteiger partial charge is 0.517 e. The number of hydrogen-bond donors (Lipinski definition) is 3. The number of carboxylic acids is 1. The zero-order valence-electron chi connectivity index (χ0n) is 33.1. The molecule has 0 aromatic carbocycles. The van der Waals surface area contributed by atoms with E-state index in [0.717, 1.165) is 13.2 Å². The lowest BCUT2D eigenvalue weighted by Crippen LogP contribution is -2.84. The number of carbonyl (C=O) groups excluding carboxylic acids is 3. The smallest absolute Gasteiger partial charge is 0.477 e. The van der Waals surface area contributed by atoms with E-state index >= 15 is 0 Å². The number of aliphatic carboxylic acids is 1. The van der Waals surface area contributed by atoms with Gasteiger partial charge in [0.1, 0.15) is 23.5 Å². The Morgan fingerprint density at radius 3 is 2.28 bits per heavy atom. The number of hydrogen-bond acceptors (Lipinski definition) is 11. The fourth-order valence-electron chi connectivity index (χ4n) is 10.7. The van der Waals surface area contributed by atoms with Crippen molar-refractivity contribution in [1.29, 1.82) is 0 Å². The van der Waals surface area contributed by atoms with Gasteiger partial charge in [0.2, 0.25) is 11.1 Å². The summed E-state index contributed by atoms with van der Waals surface area (Å²) in [6.45, 7) is 15.8. The minimum atomic E-state index is -2.69. The highest BCUT2D eigenvalue weighted by Crippen LogP contribution is 2.68. The normalized spacial score (nSPS) is 38.5. The van der Waals surface area contributed by atoms with Crippen molar-refractivity contribution in [2.24, 2.45) is 29.6 Å². The molecule has 0 aromatic rings. The van der Waals surface area contributed by atoms with Gasteiger partial charge in [-0.25, -0.2) is 19.5 Å². The molecule has 1 amide bonds. The summed E-state index contributed by atoms with van der Waals surface area (Å²) in [7, 11) is 1.52. The van der Waals surface area contributed by atoms with Gasteiger partial charge in [0.25, 0.3) is 6.23 Å². The Labute approximate surface area is 321 Å².